The molecular weight excluding hydrogens is 449 g/mol. The number of benzene rings is 3. The Labute approximate surface area is 195 Å². The minimum atomic E-state index is -4.76. The lowest BCUT2D eigenvalue weighted by Crippen LogP contribution is -2.22. The zero-order valence-electron chi connectivity index (χ0n) is 19.0. The van der Waals surface area contributed by atoms with Crippen LogP contribution in [0.1, 0.15) is 32.8 Å². The van der Waals surface area contributed by atoms with Gasteiger partial charge in [0, 0.05) is 6.42 Å². The Morgan fingerprint density at radius 3 is 1.88 bits per heavy atom. The Kier molecular flexibility index (Phi) is 7.39. The number of carboxylic acids is 1. The Hall–Kier alpha value is -3.68. The van der Waals surface area contributed by atoms with E-state index < -0.39 is 12.3 Å². The van der Waals surface area contributed by atoms with Gasteiger partial charge in [-0.05, 0) is 86.3 Å². The smallest absolute Gasteiger partial charge is 0.488 e. The summed E-state index contributed by atoms with van der Waals surface area (Å²) in [5.41, 5.74) is 1.69. The first-order chi connectivity index (χ1) is 15.9. The average molecular weight is 474 g/mol. The zero-order chi connectivity index (χ0) is 24.9. The molecule has 0 aliphatic heterocycles. The zero-order valence-corrected chi connectivity index (χ0v) is 19.0. The number of aryl methyl sites for hydroxylation is 1. The van der Waals surface area contributed by atoms with Gasteiger partial charge in [-0.2, -0.15) is 0 Å². The largest absolute Gasteiger partial charge is 0.573 e. The second-order valence-corrected chi connectivity index (χ2v) is 8.58. The number of ether oxygens (including phenoxy) is 3. The molecule has 0 fully saturated rings. The molecule has 0 spiro atoms. The third-order valence-corrected chi connectivity index (χ3v) is 4.57. The number of hydrogen-bond donors (Lipinski definition) is 1. The van der Waals surface area contributed by atoms with Crippen molar-refractivity contribution in [3.8, 4) is 34.1 Å². The van der Waals surface area contributed by atoms with Crippen molar-refractivity contribution in [2.75, 3.05) is 0 Å². The summed E-state index contributed by atoms with van der Waals surface area (Å²) in [7, 11) is 0. The van der Waals surface area contributed by atoms with E-state index in [9.17, 15) is 18.0 Å². The van der Waals surface area contributed by atoms with Gasteiger partial charge in [0.2, 0.25) is 0 Å². The highest BCUT2D eigenvalue weighted by atomic mass is 19.4. The highest BCUT2D eigenvalue weighted by molar-refractivity contribution is 5.69. The van der Waals surface area contributed by atoms with Crippen LogP contribution in [0.15, 0.2) is 66.7 Å². The van der Waals surface area contributed by atoms with Gasteiger partial charge in [0.05, 0.1) is 0 Å². The first-order valence-corrected chi connectivity index (χ1v) is 10.6. The molecule has 1 N–H and O–H groups in total. The van der Waals surface area contributed by atoms with Gasteiger partial charge >= 0.3 is 12.3 Å². The van der Waals surface area contributed by atoms with E-state index in [1.54, 1.807) is 42.5 Å². The van der Waals surface area contributed by atoms with Crippen molar-refractivity contribution in [2.45, 2.75) is 45.6 Å². The summed E-state index contributed by atoms with van der Waals surface area (Å²) in [4.78, 5) is 11.1. The maximum absolute atomic E-state index is 12.4. The van der Waals surface area contributed by atoms with Crippen LogP contribution in [0.25, 0.3) is 11.1 Å². The molecule has 0 saturated carbocycles. The summed E-state index contributed by atoms with van der Waals surface area (Å²) in [5.74, 6) is 0.422. The number of alkyl halides is 3. The fourth-order valence-electron chi connectivity index (χ4n) is 3.18. The molecule has 3 aromatic rings. The predicted molar refractivity (Wildman–Crippen MR) is 121 cm³/mol. The van der Waals surface area contributed by atoms with Crippen LogP contribution in [0, 0.1) is 0 Å². The Morgan fingerprint density at radius 2 is 1.32 bits per heavy atom. The molecule has 3 aromatic carbocycles. The van der Waals surface area contributed by atoms with E-state index in [1.807, 2.05) is 20.8 Å². The molecule has 5 nitrogen and oxygen atoms in total. The molecule has 0 aliphatic rings. The standard InChI is InChI=1S/C26H25F3O5/c1-25(2,3)33-21-13-11-20(12-14-21)32-23-16-19(5-4-18(23)8-15-24(30)31)17-6-9-22(10-7-17)34-26(27,28)29/h4-7,9-14,16H,8,15H2,1-3H3,(H,30,31). The Morgan fingerprint density at radius 1 is 0.794 bits per heavy atom. The van der Waals surface area contributed by atoms with Crippen LogP contribution in [-0.2, 0) is 11.2 Å². The van der Waals surface area contributed by atoms with Crippen molar-refractivity contribution in [3.05, 3.63) is 72.3 Å². The fourth-order valence-corrected chi connectivity index (χ4v) is 3.18. The predicted octanol–water partition coefficient (Wildman–Crippen LogP) is 7.24. The van der Waals surface area contributed by atoms with Crippen molar-refractivity contribution in [2.24, 2.45) is 0 Å². The molecule has 3 rings (SSSR count). The van der Waals surface area contributed by atoms with Gasteiger partial charge in [-0.15, -0.1) is 13.2 Å². The first-order valence-electron chi connectivity index (χ1n) is 10.6. The van der Waals surface area contributed by atoms with Crippen LogP contribution in [-0.4, -0.2) is 23.0 Å². The molecule has 0 unspecified atom stereocenters. The molecule has 0 atom stereocenters. The van der Waals surface area contributed by atoms with E-state index >= 15 is 0 Å². The third-order valence-electron chi connectivity index (χ3n) is 4.57. The van der Waals surface area contributed by atoms with Crippen molar-refractivity contribution in [3.63, 3.8) is 0 Å². The minimum Gasteiger partial charge on any atom is -0.488 e. The highest BCUT2D eigenvalue weighted by Crippen LogP contribution is 2.34. The molecule has 0 heterocycles. The molecular formula is C26H25F3O5. The van der Waals surface area contributed by atoms with Crippen LogP contribution in [0.4, 0.5) is 13.2 Å². The summed E-state index contributed by atoms with van der Waals surface area (Å²) < 4.78 is 53.0. The molecule has 8 heteroatoms. The van der Waals surface area contributed by atoms with Gasteiger partial charge in [0.25, 0.3) is 0 Å². The van der Waals surface area contributed by atoms with E-state index in [2.05, 4.69) is 4.74 Å². The number of halogens is 3. The minimum absolute atomic E-state index is 0.0719. The Balaban J connectivity index is 1.86. The maximum Gasteiger partial charge on any atom is 0.573 e. The van der Waals surface area contributed by atoms with Crippen molar-refractivity contribution in [1.29, 1.82) is 0 Å². The lowest BCUT2D eigenvalue weighted by atomic mass is 10.0. The molecule has 180 valence electrons. The molecule has 0 aromatic heterocycles. The van der Waals surface area contributed by atoms with Crippen LogP contribution < -0.4 is 14.2 Å². The van der Waals surface area contributed by atoms with Crippen LogP contribution in [0.5, 0.6) is 23.0 Å². The molecule has 0 bridgehead atoms. The van der Waals surface area contributed by atoms with Crippen molar-refractivity contribution in [1.82, 2.24) is 0 Å². The van der Waals surface area contributed by atoms with E-state index in [1.165, 1.54) is 24.3 Å². The summed E-state index contributed by atoms with van der Waals surface area (Å²) in [5, 5.41) is 9.07. The summed E-state index contributed by atoms with van der Waals surface area (Å²) in [6.45, 7) is 5.83. The van der Waals surface area contributed by atoms with E-state index in [0.717, 1.165) is 0 Å². The van der Waals surface area contributed by atoms with Crippen LogP contribution in [0.2, 0.25) is 0 Å². The van der Waals surface area contributed by atoms with Gasteiger partial charge in [0.15, 0.2) is 0 Å². The second kappa shape index (κ2) is 10.1. The molecule has 34 heavy (non-hydrogen) atoms. The maximum atomic E-state index is 12.4. The number of carboxylic acid groups (broad SMARTS) is 1. The first kappa shape index (κ1) is 25.0. The normalized spacial score (nSPS) is 11.7. The van der Waals surface area contributed by atoms with Crippen molar-refractivity contribution >= 4 is 5.97 Å². The lowest BCUT2D eigenvalue weighted by molar-refractivity contribution is -0.274. The number of rotatable bonds is 8. The monoisotopic (exact) mass is 474 g/mol. The van der Waals surface area contributed by atoms with Gasteiger partial charge < -0.3 is 19.3 Å². The molecule has 0 radical (unpaired) electrons. The number of hydrogen-bond acceptors (Lipinski definition) is 4. The molecule has 0 saturated heterocycles. The van der Waals surface area contributed by atoms with Gasteiger partial charge in [-0.25, -0.2) is 0 Å². The van der Waals surface area contributed by atoms with Crippen LogP contribution in [0.3, 0.4) is 0 Å². The van der Waals surface area contributed by atoms with Crippen LogP contribution >= 0.6 is 0 Å². The fraction of sp³-hybridized carbons (Fsp3) is 0.269. The summed E-state index contributed by atoms with van der Waals surface area (Å²) in [6, 6.07) is 17.8. The average Bonchev–Trinajstić information content (AvgIpc) is 2.72. The molecule has 0 aliphatic carbocycles. The van der Waals surface area contributed by atoms with Crippen molar-refractivity contribution < 1.29 is 37.3 Å². The third kappa shape index (κ3) is 7.72. The number of aliphatic carboxylic acids is 1. The second-order valence-electron chi connectivity index (χ2n) is 8.58. The van der Waals surface area contributed by atoms with E-state index in [-0.39, 0.29) is 24.2 Å². The SMILES string of the molecule is CC(C)(C)Oc1ccc(Oc2cc(-c3ccc(OC(F)(F)F)cc3)ccc2CCC(=O)O)cc1. The highest BCUT2D eigenvalue weighted by Gasteiger charge is 2.31. The van der Waals surface area contributed by atoms with Gasteiger partial charge in [-0.1, -0.05) is 24.3 Å². The summed E-state index contributed by atoms with van der Waals surface area (Å²) in [6.07, 6.45) is -4.58. The molecule has 0 amide bonds. The summed E-state index contributed by atoms with van der Waals surface area (Å²) >= 11 is 0. The lowest BCUT2D eigenvalue weighted by Gasteiger charge is -2.21. The van der Waals surface area contributed by atoms with Gasteiger partial charge in [-0.3, -0.25) is 4.79 Å². The quantitative estimate of drug-likeness (QED) is 0.373. The Bertz CT molecular complexity index is 1120. The number of carbonyl (C=O) groups is 1. The topological polar surface area (TPSA) is 65.0 Å². The van der Waals surface area contributed by atoms with Gasteiger partial charge in [0.1, 0.15) is 28.6 Å². The van der Waals surface area contributed by atoms with E-state index in [4.69, 9.17) is 14.6 Å². The van der Waals surface area contributed by atoms with E-state index in [0.29, 0.717) is 33.9 Å².